The highest BCUT2D eigenvalue weighted by Gasteiger charge is 2.47. The number of alkyl halides is 6. The second kappa shape index (κ2) is 6.33. The van der Waals surface area contributed by atoms with Gasteiger partial charge in [0.2, 0.25) is 5.91 Å². The van der Waals surface area contributed by atoms with Crippen LogP contribution in [0.1, 0.15) is 18.4 Å². The van der Waals surface area contributed by atoms with Gasteiger partial charge in [-0.3, -0.25) is 9.59 Å². The maximum Gasteiger partial charge on any atom is 0.471 e. The zero-order valence-electron chi connectivity index (χ0n) is 12.0. The van der Waals surface area contributed by atoms with Crippen LogP contribution in [-0.4, -0.2) is 35.5 Å². The Morgan fingerprint density at radius 3 is 2.29 bits per heavy atom. The summed E-state index contributed by atoms with van der Waals surface area (Å²) in [6.45, 7) is -0.280. The minimum absolute atomic E-state index is 0.0537. The highest BCUT2D eigenvalue weighted by atomic mass is 19.4. The number of hydrogen-bond acceptors (Lipinski definition) is 2. The summed E-state index contributed by atoms with van der Waals surface area (Å²) in [6.07, 6.45) is -9.78. The molecule has 0 aliphatic carbocycles. The van der Waals surface area contributed by atoms with Crippen molar-refractivity contribution in [2.24, 2.45) is 0 Å². The average molecular weight is 354 g/mol. The van der Waals surface area contributed by atoms with Crippen LogP contribution in [0.15, 0.2) is 24.3 Å². The fourth-order valence-corrected chi connectivity index (χ4v) is 2.50. The molecule has 1 N–H and O–H groups in total. The normalized spacial score (nSPS) is 18.6. The Bertz CT molecular complexity index is 641. The minimum atomic E-state index is -5.15. The third kappa shape index (κ3) is 3.80. The van der Waals surface area contributed by atoms with Crippen LogP contribution in [0, 0.1) is 0 Å². The molecule has 2 amide bonds. The first-order chi connectivity index (χ1) is 11.0. The highest BCUT2D eigenvalue weighted by molar-refractivity contribution is 5.98. The number of rotatable bonds is 2. The Labute approximate surface area is 132 Å². The summed E-state index contributed by atoms with van der Waals surface area (Å²) in [5, 5.41) is 1.98. The van der Waals surface area contributed by atoms with Crippen molar-refractivity contribution in [3.05, 3.63) is 29.8 Å². The lowest BCUT2D eigenvalue weighted by Crippen LogP contribution is -2.48. The summed E-state index contributed by atoms with van der Waals surface area (Å²) >= 11 is 0. The Morgan fingerprint density at radius 2 is 1.71 bits per heavy atom. The van der Waals surface area contributed by atoms with Crippen LogP contribution < -0.4 is 5.32 Å². The number of amides is 2. The lowest BCUT2D eigenvalue weighted by atomic mass is 10.1. The fourth-order valence-electron chi connectivity index (χ4n) is 2.50. The molecule has 1 aliphatic rings. The molecule has 0 bridgehead atoms. The number of carbonyl (C=O) groups excluding carboxylic acids is 2. The van der Waals surface area contributed by atoms with E-state index in [0.29, 0.717) is 4.90 Å². The molecule has 1 atom stereocenters. The lowest BCUT2D eigenvalue weighted by Gasteiger charge is -2.25. The second-order valence-corrected chi connectivity index (χ2v) is 5.19. The molecule has 4 nitrogen and oxygen atoms in total. The van der Waals surface area contributed by atoms with Crippen molar-refractivity contribution in [2.45, 2.75) is 31.2 Å². The molecule has 10 heteroatoms. The summed E-state index contributed by atoms with van der Waals surface area (Å²) in [4.78, 5) is 23.7. The molecule has 132 valence electrons. The van der Waals surface area contributed by atoms with Crippen molar-refractivity contribution in [2.75, 3.05) is 11.9 Å². The van der Waals surface area contributed by atoms with E-state index in [0.717, 1.165) is 18.2 Å². The van der Waals surface area contributed by atoms with Crippen molar-refractivity contribution in [3.63, 3.8) is 0 Å². The van der Waals surface area contributed by atoms with Gasteiger partial charge in [0.05, 0.1) is 11.3 Å². The van der Waals surface area contributed by atoms with E-state index in [1.165, 1.54) is 6.07 Å². The van der Waals surface area contributed by atoms with Crippen molar-refractivity contribution < 1.29 is 35.9 Å². The van der Waals surface area contributed by atoms with E-state index in [1.54, 1.807) is 0 Å². The van der Waals surface area contributed by atoms with Gasteiger partial charge in [0.25, 0.3) is 0 Å². The molecule has 0 aromatic heterocycles. The molecule has 2 rings (SSSR count). The number of benzene rings is 1. The maximum absolute atomic E-state index is 12.9. The van der Waals surface area contributed by atoms with E-state index in [4.69, 9.17) is 0 Å². The van der Waals surface area contributed by atoms with Crippen molar-refractivity contribution in [3.8, 4) is 0 Å². The topological polar surface area (TPSA) is 49.4 Å². The monoisotopic (exact) mass is 354 g/mol. The average Bonchev–Trinajstić information content (AvgIpc) is 2.94. The molecule has 1 aliphatic heterocycles. The standard InChI is InChI=1S/C14H12F6N2O2/c15-13(16,17)8-4-1-2-5-9(8)21-11(23)10-6-3-7-22(10)12(24)14(18,19)20/h1-2,4-5,10H,3,6-7H2,(H,21,23)/t10-/m1/s1. The Morgan fingerprint density at radius 1 is 1.08 bits per heavy atom. The van der Waals surface area contributed by atoms with Crippen LogP contribution in [0.25, 0.3) is 0 Å². The number of carbonyl (C=O) groups is 2. The van der Waals surface area contributed by atoms with Crippen LogP contribution in [0.5, 0.6) is 0 Å². The van der Waals surface area contributed by atoms with E-state index >= 15 is 0 Å². The minimum Gasteiger partial charge on any atom is -0.324 e. The summed E-state index contributed by atoms with van der Waals surface area (Å²) in [5.41, 5.74) is -1.69. The predicted octanol–water partition coefficient (Wildman–Crippen LogP) is 3.20. The van der Waals surface area contributed by atoms with Crippen LogP contribution in [0.2, 0.25) is 0 Å². The molecule has 0 unspecified atom stereocenters. The molecule has 1 fully saturated rings. The van der Waals surface area contributed by atoms with Crippen LogP contribution >= 0.6 is 0 Å². The van der Waals surface area contributed by atoms with E-state index in [1.807, 2.05) is 5.32 Å². The number of para-hydroxylation sites is 1. The third-order valence-corrected chi connectivity index (χ3v) is 3.55. The lowest BCUT2D eigenvalue weighted by molar-refractivity contribution is -0.186. The Balaban J connectivity index is 2.20. The molecule has 1 heterocycles. The van der Waals surface area contributed by atoms with Gasteiger partial charge in [0, 0.05) is 6.54 Å². The number of anilines is 1. The number of hydrogen-bond donors (Lipinski definition) is 1. The molecule has 0 radical (unpaired) electrons. The number of nitrogens with one attached hydrogen (secondary N) is 1. The summed E-state index contributed by atoms with van der Waals surface area (Å²) in [7, 11) is 0. The van der Waals surface area contributed by atoms with Gasteiger partial charge in [0.15, 0.2) is 0 Å². The quantitative estimate of drug-likeness (QED) is 0.830. The van der Waals surface area contributed by atoms with Gasteiger partial charge < -0.3 is 10.2 Å². The molecule has 24 heavy (non-hydrogen) atoms. The molecule has 1 saturated heterocycles. The predicted molar refractivity (Wildman–Crippen MR) is 70.9 cm³/mol. The SMILES string of the molecule is O=C(Nc1ccccc1C(F)(F)F)[C@H]1CCCN1C(=O)C(F)(F)F. The zero-order valence-corrected chi connectivity index (χ0v) is 12.0. The maximum atomic E-state index is 12.9. The molecule has 1 aromatic rings. The first kappa shape index (κ1) is 18.1. The van der Waals surface area contributed by atoms with Crippen LogP contribution in [0.3, 0.4) is 0 Å². The van der Waals surface area contributed by atoms with Crippen molar-refractivity contribution in [1.82, 2.24) is 4.90 Å². The largest absolute Gasteiger partial charge is 0.471 e. The molecule has 1 aromatic carbocycles. The van der Waals surface area contributed by atoms with Gasteiger partial charge >= 0.3 is 18.3 Å². The van der Waals surface area contributed by atoms with Crippen molar-refractivity contribution in [1.29, 1.82) is 0 Å². The molecule has 0 spiro atoms. The van der Waals surface area contributed by atoms with E-state index < -0.39 is 41.5 Å². The Hall–Kier alpha value is -2.26. The first-order valence-electron chi connectivity index (χ1n) is 6.86. The number of likely N-dealkylation sites (tertiary alicyclic amines) is 1. The van der Waals surface area contributed by atoms with Crippen molar-refractivity contribution >= 4 is 17.5 Å². The smallest absolute Gasteiger partial charge is 0.324 e. The van der Waals surface area contributed by atoms with E-state index in [-0.39, 0.29) is 19.4 Å². The van der Waals surface area contributed by atoms with Crippen LogP contribution in [0.4, 0.5) is 32.0 Å². The van der Waals surface area contributed by atoms with E-state index in [9.17, 15) is 35.9 Å². The first-order valence-corrected chi connectivity index (χ1v) is 6.86. The summed E-state index contributed by atoms with van der Waals surface area (Å²) < 4.78 is 76.2. The number of nitrogens with zero attached hydrogens (tertiary/aromatic N) is 1. The van der Waals surface area contributed by atoms with Gasteiger partial charge in [-0.15, -0.1) is 0 Å². The highest BCUT2D eigenvalue weighted by Crippen LogP contribution is 2.35. The second-order valence-electron chi connectivity index (χ2n) is 5.19. The van der Waals surface area contributed by atoms with Gasteiger partial charge in [-0.05, 0) is 25.0 Å². The van der Waals surface area contributed by atoms with Gasteiger partial charge in [-0.25, -0.2) is 0 Å². The molecular weight excluding hydrogens is 342 g/mol. The molecular formula is C14H12F6N2O2. The third-order valence-electron chi connectivity index (χ3n) is 3.55. The number of halogens is 6. The molecule has 0 saturated carbocycles. The van der Waals surface area contributed by atoms with Crippen LogP contribution in [-0.2, 0) is 15.8 Å². The van der Waals surface area contributed by atoms with Gasteiger partial charge in [0.1, 0.15) is 6.04 Å². The summed E-state index contributed by atoms with van der Waals surface area (Å²) in [5.74, 6) is -3.26. The van der Waals surface area contributed by atoms with Gasteiger partial charge in [-0.1, -0.05) is 12.1 Å². The van der Waals surface area contributed by atoms with E-state index in [2.05, 4.69) is 0 Å². The fraction of sp³-hybridized carbons (Fsp3) is 0.429. The van der Waals surface area contributed by atoms with Gasteiger partial charge in [-0.2, -0.15) is 26.3 Å². The Kier molecular flexibility index (Phi) is 4.77. The summed E-state index contributed by atoms with van der Waals surface area (Å²) in [6, 6.07) is 2.64. The zero-order chi connectivity index (χ0) is 18.1.